The van der Waals surface area contributed by atoms with Crippen molar-refractivity contribution in [3.63, 3.8) is 0 Å². The summed E-state index contributed by atoms with van der Waals surface area (Å²) in [6.45, 7) is 10.8. The number of hydrogen-bond acceptors (Lipinski definition) is 4. The Balaban J connectivity index is 0.000000279. The van der Waals surface area contributed by atoms with Crippen molar-refractivity contribution < 1.29 is 37.1 Å². The minimum atomic E-state index is -2.58. The maximum absolute atomic E-state index is 12.9. The molecular weight excluding hydrogens is 1020 g/mol. The fourth-order valence-electron chi connectivity index (χ4n) is 8.59. The second-order valence-electron chi connectivity index (χ2n) is 18.5. The van der Waals surface area contributed by atoms with Gasteiger partial charge < -0.3 is 14.0 Å². The largest absolute Gasteiger partial charge is 0.501 e. The van der Waals surface area contributed by atoms with Crippen molar-refractivity contribution in [2.75, 3.05) is 0 Å². The van der Waals surface area contributed by atoms with Crippen molar-refractivity contribution in [1.82, 2.24) is 14.5 Å². The summed E-state index contributed by atoms with van der Waals surface area (Å²) >= 11 is 0. The minimum Gasteiger partial charge on any atom is -0.501 e. The Morgan fingerprint density at radius 2 is 1.46 bits per heavy atom. The summed E-state index contributed by atoms with van der Waals surface area (Å²) in [5, 5.41) is 11.5. The van der Waals surface area contributed by atoms with Crippen molar-refractivity contribution in [3.05, 3.63) is 197 Å². The second kappa shape index (κ2) is 19.3. The van der Waals surface area contributed by atoms with Crippen LogP contribution in [-0.4, -0.2) is 14.5 Å². The molecule has 0 saturated carbocycles. The zero-order valence-corrected chi connectivity index (χ0v) is 41.3. The SMILES string of the molecule is CC(C)c1cc(-c2ccc(C(C)(C)C)cc2)cc(C(C)C)c1-n1c(-c2[c-]ccc3c2oc2cc(-c4cccc(C#N)c4)ccc23)nc2ccccc21.[2H]C([2H])([2H])c1cnc(-c2[c-]cc(F)cc2)cc1C([2H])([2H])[2H].[Ir]. The van der Waals surface area contributed by atoms with Crippen LogP contribution in [-0.2, 0) is 25.5 Å². The molecule has 0 aliphatic heterocycles. The van der Waals surface area contributed by atoms with E-state index in [1.165, 1.54) is 51.7 Å². The molecule has 0 spiro atoms. The van der Waals surface area contributed by atoms with Crippen LogP contribution >= 0.6 is 0 Å². The third kappa shape index (κ3) is 9.32. The molecule has 0 aliphatic rings. The maximum Gasteiger partial charge on any atom is 0.121 e. The van der Waals surface area contributed by atoms with Crippen LogP contribution < -0.4 is 0 Å². The number of rotatable bonds is 7. The van der Waals surface area contributed by atoms with E-state index < -0.39 is 19.5 Å². The molecule has 0 atom stereocenters. The van der Waals surface area contributed by atoms with E-state index in [2.05, 4.69) is 161 Å². The molecule has 0 fully saturated rings. The van der Waals surface area contributed by atoms with Gasteiger partial charge in [0.25, 0.3) is 0 Å². The van der Waals surface area contributed by atoms with Crippen LogP contribution in [0.3, 0.4) is 0 Å². The Labute approximate surface area is 421 Å². The first-order chi connectivity index (χ1) is 34.6. The topological polar surface area (TPSA) is 67.6 Å². The van der Waals surface area contributed by atoms with Crippen LogP contribution in [0.25, 0.3) is 83.6 Å². The van der Waals surface area contributed by atoms with Gasteiger partial charge in [-0.25, -0.2) is 0 Å². The minimum absolute atomic E-state index is 0. The summed E-state index contributed by atoms with van der Waals surface area (Å²) < 4.78 is 66.6. The molecule has 7 heteroatoms. The molecule has 0 saturated heterocycles. The second-order valence-corrected chi connectivity index (χ2v) is 18.5. The third-order valence-corrected chi connectivity index (χ3v) is 12.2. The monoisotopic (exact) mass is 1080 g/mol. The van der Waals surface area contributed by atoms with Gasteiger partial charge in [0.1, 0.15) is 5.58 Å². The first kappa shape index (κ1) is 40.1. The van der Waals surface area contributed by atoms with Gasteiger partial charge in [-0.2, -0.15) is 5.26 Å². The van der Waals surface area contributed by atoms with E-state index in [9.17, 15) is 9.65 Å². The molecular formula is C61H53FIrN4O-2. The van der Waals surface area contributed by atoms with E-state index in [4.69, 9.17) is 17.6 Å². The molecule has 68 heavy (non-hydrogen) atoms. The number of hydrogen-bond donors (Lipinski definition) is 0. The van der Waals surface area contributed by atoms with E-state index in [-0.39, 0.29) is 54.2 Å². The van der Waals surface area contributed by atoms with Crippen LogP contribution in [0.2, 0.25) is 0 Å². The standard InChI is InChI=1S/C48H42N3O.C13H11FN.Ir/c1-29(2)40-25-35(32-18-21-36(22-19-32)48(5,6)7)26-41(30(3)4)45(40)51-43-17-9-8-16-42(43)50-47(51)39-15-11-14-38-37-23-20-34(27-44(37)52-46(38)39)33-13-10-12-31(24-33)28-49;1-9-7-13(15-8-10(9)2)11-3-5-12(14)6-4-11;/h8-14,16-27,29-30H,1-7H3;3,5-8H,1-2H3;/q2*-1;/i;1D3,2D3;. The van der Waals surface area contributed by atoms with Crippen molar-refractivity contribution in [3.8, 4) is 56.7 Å². The smallest absolute Gasteiger partial charge is 0.121 e. The van der Waals surface area contributed by atoms with Crippen LogP contribution in [0.4, 0.5) is 4.39 Å². The van der Waals surface area contributed by atoms with Gasteiger partial charge in [0, 0.05) is 51.4 Å². The van der Waals surface area contributed by atoms with E-state index >= 15 is 0 Å². The Morgan fingerprint density at radius 3 is 2.13 bits per heavy atom. The van der Waals surface area contributed by atoms with E-state index in [0.29, 0.717) is 11.1 Å². The molecule has 3 heterocycles. The molecule has 0 bridgehead atoms. The number of nitriles is 1. The summed E-state index contributed by atoms with van der Waals surface area (Å²) in [5.74, 6) is 0.825. The Bertz CT molecular complexity index is 3700. The predicted octanol–water partition coefficient (Wildman–Crippen LogP) is 16.4. The average Bonchev–Trinajstić information content (AvgIpc) is 3.94. The van der Waals surface area contributed by atoms with Crippen LogP contribution in [0, 0.1) is 43.0 Å². The molecule has 5 nitrogen and oxygen atoms in total. The number of para-hydroxylation sites is 2. The van der Waals surface area contributed by atoms with Gasteiger partial charge in [0.2, 0.25) is 0 Å². The first-order valence-corrected chi connectivity index (χ1v) is 22.4. The molecule has 7 aromatic carbocycles. The van der Waals surface area contributed by atoms with Gasteiger partial charge in [-0.3, -0.25) is 9.37 Å². The third-order valence-electron chi connectivity index (χ3n) is 12.2. The van der Waals surface area contributed by atoms with Gasteiger partial charge in [0.15, 0.2) is 0 Å². The summed E-state index contributed by atoms with van der Waals surface area (Å²) in [7, 11) is 0. The Morgan fingerprint density at radius 1 is 0.735 bits per heavy atom. The summed E-state index contributed by atoms with van der Waals surface area (Å²) in [6, 6.07) is 53.6. The zero-order chi connectivity index (χ0) is 52.1. The van der Waals surface area contributed by atoms with Crippen LogP contribution in [0.5, 0.6) is 0 Å². The van der Waals surface area contributed by atoms with Crippen molar-refractivity contribution in [2.24, 2.45) is 0 Å². The molecule has 3 aromatic heterocycles. The average molecular weight is 1080 g/mol. The Hall–Kier alpha value is -6.97. The maximum atomic E-state index is 12.9. The quantitative estimate of drug-likeness (QED) is 0.149. The normalized spacial score (nSPS) is 13.2. The number of imidazole rings is 1. The number of aryl methyl sites for hydroxylation is 2. The number of pyridine rings is 1. The molecule has 0 aliphatic carbocycles. The van der Waals surface area contributed by atoms with Crippen molar-refractivity contribution in [2.45, 2.75) is 79.4 Å². The number of halogens is 1. The van der Waals surface area contributed by atoms with Crippen molar-refractivity contribution in [1.29, 1.82) is 5.26 Å². The van der Waals surface area contributed by atoms with Gasteiger partial charge in [-0.1, -0.05) is 132 Å². The zero-order valence-electron chi connectivity index (χ0n) is 44.9. The summed E-state index contributed by atoms with van der Waals surface area (Å²) in [5.41, 5.74) is 14.5. The molecule has 0 N–H and O–H groups in total. The van der Waals surface area contributed by atoms with Gasteiger partial charge in [0.05, 0.1) is 34.1 Å². The number of benzene rings is 7. The van der Waals surface area contributed by atoms with Gasteiger partial charge in [-0.05, 0) is 124 Å². The van der Waals surface area contributed by atoms with Gasteiger partial charge >= 0.3 is 0 Å². The summed E-state index contributed by atoms with van der Waals surface area (Å²) in [6.07, 6.45) is 1.03. The predicted molar refractivity (Wildman–Crippen MR) is 273 cm³/mol. The van der Waals surface area contributed by atoms with E-state index in [1.807, 2.05) is 30.3 Å². The number of nitrogens with zero attached hydrogens (tertiary/aromatic N) is 4. The van der Waals surface area contributed by atoms with Gasteiger partial charge in [-0.15, -0.1) is 48.0 Å². The molecule has 10 rings (SSSR count). The van der Waals surface area contributed by atoms with Crippen LogP contribution in [0.1, 0.15) is 102 Å². The fraction of sp³-hybridized carbons (Fsp3) is 0.197. The molecule has 0 unspecified atom stereocenters. The number of furan rings is 1. The van der Waals surface area contributed by atoms with Crippen LogP contribution in [0.15, 0.2) is 150 Å². The van der Waals surface area contributed by atoms with E-state index in [0.717, 1.165) is 67.7 Å². The Kier molecular flexibility index (Phi) is 11.4. The van der Waals surface area contributed by atoms with Crippen molar-refractivity contribution >= 4 is 33.0 Å². The number of aromatic nitrogens is 3. The molecule has 341 valence electrons. The fourth-order valence-corrected chi connectivity index (χ4v) is 8.59. The number of fused-ring (bicyclic) bond motifs is 4. The van der Waals surface area contributed by atoms with E-state index in [1.54, 1.807) is 0 Å². The molecule has 1 radical (unpaired) electrons. The molecule has 10 aromatic rings. The molecule has 0 amide bonds. The first-order valence-electron chi connectivity index (χ1n) is 25.4. The summed E-state index contributed by atoms with van der Waals surface area (Å²) in [4.78, 5) is 9.27.